The van der Waals surface area contributed by atoms with Crippen molar-refractivity contribution in [3.8, 4) is 5.75 Å². The number of rotatable bonds is 5. The lowest BCUT2D eigenvalue weighted by Crippen LogP contribution is -2.44. The molecular formula is C24H23NO4. The Morgan fingerprint density at radius 1 is 1.00 bits per heavy atom. The van der Waals surface area contributed by atoms with Crippen LogP contribution in [-0.4, -0.2) is 27.6 Å². The quantitative estimate of drug-likeness (QED) is 0.516. The minimum absolute atomic E-state index is 0.0223. The van der Waals surface area contributed by atoms with Crippen LogP contribution in [0.3, 0.4) is 0 Å². The second-order valence-electron chi connectivity index (χ2n) is 7.18. The van der Waals surface area contributed by atoms with Crippen LogP contribution in [0.5, 0.6) is 5.75 Å². The van der Waals surface area contributed by atoms with Crippen LogP contribution in [0.25, 0.3) is 0 Å². The Balaban J connectivity index is 1.59. The van der Waals surface area contributed by atoms with Gasteiger partial charge in [-0.2, -0.15) is 0 Å². The molecule has 0 amide bonds. The van der Waals surface area contributed by atoms with E-state index in [9.17, 15) is 15.0 Å². The molecule has 0 saturated heterocycles. The second-order valence-corrected chi connectivity index (χ2v) is 7.18. The number of hydrogen-bond donors (Lipinski definition) is 2. The highest BCUT2D eigenvalue weighted by atomic mass is 16.5. The van der Waals surface area contributed by atoms with Crippen molar-refractivity contribution in [2.45, 2.75) is 25.3 Å². The van der Waals surface area contributed by atoms with Crippen LogP contribution in [0.1, 0.15) is 34.9 Å². The third-order valence-electron chi connectivity index (χ3n) is 5.38. The second kappa shape index (κ2) is 7.79. The number of aryl methyl sites for hydroxylation is 1. The lowest BCUT2D eigenvalue weighted by atomic mass is 9.94. The van der Waals surface area contributed by atoms with Gasteiger partial charge in [-0.3, -0.25) is 4.79 Å². The maximum absolute atomic E-state index is 12.4. The lowest BCUT2D eigenvalue weighted by Gasteiger charge is -2.36. The normalized spacial score (nSPS) is 21.0. The van der Waals surface area contributed by atoms with Crippen LogP contribution >= 0.6 is 0 Å². The van der Waals surface area contributed by atoms with Crippen LogP contribution in [0.15, 0.2) is 78.9 Å². The molecule has 0 saturated carbocycles. The Labute approximate surface area is 169 Å². The molecule has 0 radical (unpaired) electrons. The number of aliphatic hydroxyl groups excluding tert-OH is 1. The van der Waals surface area contributed by atoms with Gasteiger partial charge in [0.2, 0.25) is 0 Å². The van der Waals surface area contributed by atoms with Crippen LogP contribution in [-0.2, 0) is 10.5 Å². The third kappa shape index (κ3) is 3.44. The summed E-state index contributed by atoms with van der Waals surface area (Å²) in [6, 6.07) is 23.7. The molecule has 2 unspecified atom stereocenters. The first-order valence-corrected chi connectivity index (χ1v) is 9.60. The molecule has 4 rings (SSSR count). The number of carbonyl (C=O) groups excluding carboxylic acids is 1. The van der Waals surface area contributed by atoms with E-state index in [1.807, 2.05) is 67.6 Å². The average Bonchev–Trinajstić information content (AvgIpc) is 2.97. The van der Waals surface area contributed by atoms with E-state index in [1.54, 1.807) is 18.2 Å². The van der Waals surface area contributed by atoms with Gasteiger partial charge >= 0.3 is 5.97 Å². The topological polar surface area (TPSA) is 70.0 Å². The summed E-state index contributed by atoms with van der Waals surface area (Å²) in [6.45, 7) is 2.00. The zero-order valence-electron chi connectivity index (χ0n) is 16.2. The first kappa shape index (κ1) is 19.3. The summed E-state index contributed by atoms with van der Waals surface area (Å²) < 4.78 is 5.46. The Morgan fingerprint density at radius 3 is 2.41 bits per heavy atom. The van der Waals surface area contributed by atoms with Gasteiger partial charge in [0.1, 0.15) is 12.0 Å². The minimum atomic E-state index is -1.53. The van der Waals surface area contributed by atoms with Gasteiger partial charge in [-0.1, -0.05) is 72.8 Å². The van der Waals surface area contributed by atoms with E-state index in [2.05, 4.69) is 0 Å². The van der Waals surface area contributed by atoms with Gasteiger partial charge in [0.25, 0.3) is 0 Å². The third-order valence-corrected chi connectivity index (χ3v) is 5.38. The number of nitrogens with zero attached hydrogens (tertiary/aromatic N) is 1. The molecule has 5 nitrogen and oxygen atoms in total. The molecule has 2 N–H and O–H groups in total. The van der Waals surface area contributed by atoms with Crippen molar-refractivity contribution in [3.63, 3.8) is 0 Å². The number of esters is 1. The summed E-state index contributed by atoms with van der Waals surface area (Å²) in [4.78, 5) is 14.0. The van der Waals surface area contributed by atoms with Crippen molar-refractivity contribution in [1.29, 1.82) is 0 Å². The monoisotopic (exact) mass is 389 g/mol. The van der Waals surface area contributed by atoms with E-state index in [-0.39, 0.29) is 13.0 Å². The van der Waals surface area contributed by atoms with Crippen molar-refractivity contribution < 1.29 is 19.7 Å². The molecule has 148 valence electrons. The van der Waals surface area contributed by atoms with Crippen molar-refractivity contribution in [2.75, 3.05) is 6.54 Å². The number of ether oxygens (including phenoxy) is 1. The molecule has 29 heavy (non-hydrogen) atoms. The molecule has 0 aliphatic carbocycles. The molecule has 1 aliphatic rings. The molecule has 3 aromatic carbocycles. The minimum Gasteiger partial charge on any atom is -0.426 e. The van der Waals surface area contributed by atoms with E-state index in [0.717, 1.165) is 5.56 Å². The van der Waals surface area contributed by atoms with E-state index in [4.69, 9.17) is 4.74 Å². The largest absolute Gasteiger partial charge is 0.426 e. The number of para-hydroxylation sites is 1. The van der Waals surface area contributed by atoms with Gasteiger partial charge in [-0.15, -0.1) is 0 Å². The smallest absolute Gasteiger partial charge is 0.312 e. The average molecular weight is 389 g/mol. The van der Waals surface area contributed by atoms with Gasteiger partial charge in [-0.25, -0.2) is 4.90 Å². The van der Waals surface area contributed by atoms with E-state index >= 15 is 0 Å². The number of hydrogen-bond acceptors (Lipinski definition) is 5. The zero-order valence-corrected chi connectivity index (χ0v) is 16.2. The molecule has 1 aliphatic heterocycles. The van der Waals surface area contributed by atoms with E-state index < -0.39 is 17.9 Å². The standard InChI is InChI=1S/C24H23NO4/c1-17-9-5-8-14-21(17)29-22(26)15-16-25-23(27)19-12-6-7-13-20(19)24(25,28)18-10-3-2-4-11-18/h2-14,23,27-28H,15-16H2,1H3. The van der Waals surface area contributed by atoms with Crippen LogP contribution in [0.2, 0.25) is 0 Å². The summed E-state index contributed by atoms with van der Waals surface area (Å²) >= 11 is 0. The van der Waals surface area contributed by atoms with Gasteiger partial charge in [0.05, 0.1) is 6.42 Å². The van der Waals surface area contributed by atoms with Crippen LogP contribution in [0, 0.1) is 6.92 Å². The Hall–Kier alpha value is -2.99. The highest BCUT2D eigenvalue weighted by Gasteiger charge is 2.49. The predicted molar refractivity (Wildman–Crippen MR) is 109 cm³/mol. The summed E-state index contributed by atoms with van der Waals surface area (Å²) in [7, 11) is 0. The Kier molecular flexibility index (Phi) is 5.20. The highest BCUT2D eigenvalue weighted by Crippen LogP contribution is 2.47. The maximum Gasteiger partial charge on any atom is 0.312 e. The molecule has 5 heteroatoms. The zero-order chi connectivity index (χ0) is 20.4. The molecule has 3 aromatic rings. The predicted octanol–water partition coefficient (Wildman–Crippen LogP) is 3.49. The van der Waals surface area contributed by atoms with Gasteiger partial charge in [0.15, 0.2) is 5.72 Å². The first-order valence-electron chi connectivity index (χ1n) is 9.60. The fourth-order valence-electron chi connectivity index (χ4n) is 3.87. The number of benzene rings is 3. The Morgan fingerprint density at radius 2 is 1.66 bits per heavy atom. The van der Waals surface area contributed by atoms with E-state index in [1.165, 1.54) is 4.90 Å². The van der Waals surface area contributed by atoms with E-state index in [0.29, 0.717) is 22.4 Å². The molecule has 0 fully saturated rings. The number of carbonyl (C=O) groups is 1. The van der Waals surface area contributed by atoms with Crippen LogP contribution < -0.4 is 4.74 Å². The molecule has 1 heterocycles. The first-order chi connectivity index (χ1) is 14.0. The molecule has 0 aromatic heterocycles. The summed E-state index contributed by atoms with van der Waals surface area (Å²) in [5.74, 6) is 0.0962. The van der Waals surface area contributed by atoms with Gasteiger partial charge in [0, 0.05) is 23.2 Å². The van der Waals surface area contributed by atoms with Gasteiger partial charge < -0.3 is 14.9 Å². The molecule has 0 bridgehead atoms. The van der Waals surface area contributed by atoms with Crippen molar-refractivity contribution in [1.82, 2.24) is 4.90 Å². The Bertz CT molecular complexity index is 1020. The van der Waals surface area contributed by atoms with Crippen LogP contribution in [0.4, 0.5) is 0 Å². The number of aliphatic hydroxyl groups is 2. The summed E-state index contributed by atoms with van der Waals surface area (Å²) in [5, 5.41) is 22.6. The fourth-order valence-corrected chi connectivity index (χ4v) is 3.87. The fraction of sp³-hybridized carbons (Fsp3) is 0.208. The maximum atomic E-state index is 12.4. The van der Waals surface area contributed by atoms with Crippen molar-refractivity contribution >= 4 is 5.97 Å². The lowest BCUT2D eigenvalue weighted by molar-refractivity contribution is -0.149. The van der Waals surface area contributed by atoms with Gasteiger partial charge in [-0.05, 0) is 18.6 Å². The highest BCUT2D eigenvalue weighted by molar-refractivity contribution is 5.73. The summed E-state index contributed by atoms with van der Waals surface area (Å²) in [6.07, 6.45) is -1.00. The molecule has 2 atom stereocenters. The van der Waals surface area contributed by atoms with Crippen molar-refractivity contribution in [3.05, 3.63) is 101 Å². The SMILES string of the molecule is Cc1ccccc1OC(=O)CCN1C(O)c2ccccc2C1(O)c1ccccc1. The van der Waals surface area contributed by atoms with Crippen molar-refractivity contribution in [2.24, 2.45) is 0 Å². The molecular weight excluding hydrogens is 366 g/mol. The number of fused-ring (bicyclic) bond motifs is 1. The molecule has 0 spiro atoms. The summed E-state index contributed by atoms with van der Waals surface area (Å²) in [5.41, 5.74) is 1.23.